The number of nitrogens with zero attached hydrogens (tertiary/aromatic N) is 2. The first-order valence-corrected chi connectivity index (χ1v) is 9.33. The van der Waals surface area contributed by atoms with Gasteiger partial charge in [0, 0.05) is 18.8 Å². The predicted molar refractivity (Wildman–Crippen MR) is 95.5 cm³/mol. The molecule has 1 aromatic heterocycles. The van der Waals surface area contributed by atoms with Gasteiger partial charge in [0.25, 0.3) is 17.4 Å². The number of nitrogens with one attached hydrogen (secondary N) is 1. The summed E-state index contributed by atoms with van der Waals surface area (Å²) in [7, 11) is 0. The molecule has 0 spiro atoms. The van der Waals surface area contributed by atoms with Gasteiger partial charge >= 0.3 is 0 Å². The zero-order valence-electron chi connectivity index (χ0n) is 15.1. The molecule has 6 heteroatoms. The number of hydrogen-bond donors (Lipinski definition) is 1. The Hall–Kier alpha value is -2.11. The molecule has 2 amide bonds. The molecule has 0 saturated heterocycles. The molecule has 2 heterocycles. The number of carbonyl (C=O) groups is 2. The number of rotatable bonds is 5. The highest BCUT2D eigenvalue weighted by Crippen LogP contribution is 2.36. The van der Waals surface area contributed by atoms with Crippen LogP contribution in [0.5, 0.6) is 5.75 Å². The van der Waals surface area contributed by atoms with Gasteiger partial charge in [-0.1, -0.05) is 32.6 Å². The molecule has 1 N–H and O–H groups in total. The minimum atomic E-state index is -1.54. The molecule has 3 rings (SSSR count). The average Bonchev–Trinajstić information content (AvgIpc) is 2.63. The number of amides is 2. The van der Waals surface area contributed by atoms with Crippen LogP contribution in [-0.4, -0.2) is 35.0 Å². The van der Waals surface area contributed by atoms with Crippen molar-refractivity contribution in [2.45, 2.75) is 70.4 Å². The molecule has 0 radical (unpaired) electrons. The Bertz CT molecular complexity index is 643. The van der Waals surface area contributed by atoms with E-state index < -0.39 is 5.60 Å². The van der Waals surface area contributed by atoms with Crippen molar-refractivity contribution in [1.29, 1.82) is 0 Å². The van der Waals surface area contributed by atoms with E-state index in [0.717, 1.165) is 38.5 Å². The van der Waals surface area contributed by atoms with Gasteiger partial charge in [0.1, 0.15) is 0 Å². The normalized spacial score (nSPS) is 23.8. The topological polar surface area (TPSA) is 71.5 Å². The van der Waals surface area contributed by atoms with E-state index in [2.05, 4.69) is 17.2 Å². The first-order valence-electron chi connectivity index (χ1n) is 9.33. The van der Waals surface area contributed by atoms with Crippen LogP contribution in [0.4, 0.5) is 5.82 Å². The van der Waals surface area contributed by atoms with Gasteiger partial charge in [0.2, 0.25) is 0 Å². The molecule has 0 aromatic carbocycles. The monoisotopic (exact) mass is 345 g/mol. The third-order valence-corrected chi connectivity index (χ3v) is 5.08. The number of carbonyl (C=O) groups excluding carboxylic acids is 2. The van der Waals surface area contributed by atoms with E-state index in [9.17, 15) is 9.59 Å². The second-order valence-electron chi connectivity index (χ2n) is 7.08. The molecule has 136 valence electrons. The predicted octanol–water partition coefficient (Wildman–Crippen LogP) is 2.81. The quantitative estimate of drug-likeness (QED) is 0.833. The van der Waals surface area contributed by atoms with Crippen molar-refractivity contribution < 1.29 is 14.3 Å². The average molecular weight is 345 g/mol. The summed E-state index contributed by atoms with van der Waals surface area (Å²) in [4.78, 5) is 31.9. The van der Waals surface area contributed by atoms with Crippen molar-refractivity contribution in [3.63, 3.8) is 0 Å². The van der Waals surface area contributed by atoms with Crippen LogP contribution in [0, 0.1) is 0 Å². The van der Waals surface area contributed by atoms with Crippen LogP contribution in [0.15, 0.2) is 18.3 Å². The maximum absolute atomic E-state index is 13.1. The highest BCUT2D eigenvalue weighted by molar-refractivity contribution is 6.16. The third kappa shape index (κ3) is 3.48. The molecule has 1 saturated carbocycles. The molecule has 25 heavy (non-hydrogen) atoms. The van der Waals surface area contributed by atoms with Gasteiger partial charge in [0.05, 0.1) is 0 Å². The van der Waals surface area contributed by atoms with Crippen molar-refractivity contribution >= 4 is 17.6 Å². The summed E-state index contributed by atoms with van der Waals surface area (Å²) < 4.78 is 5.88. The summed E-state index contributed by atoms with van der Waals surface area (Å²) in [5.74, 6) is 0.309. The zero-order chi connectivity index (χ0) is 17.9. The van der Waals surface area contributed by atoms with Gasteiger partial charge in [0.15, 0.2) is 11.6 Å². The van der Waals surface area contributed by atoms with E-state index in [0.29, 0.717) is 18.1 Å². The van der Waals surface area contributed by atoms with Gasteiger partial charge in [-0.3, -0.25) is 14.5 Å². The minimum absolute atomic E-state index is 0.133. The minimum Gasteiger partial charge on any atom is -0.464 e. The second-order valence-corrected chi connectivity index (χ2v) is 7.08. The summed E-state index contributed by atoms with van der Waals surface area (Å²) in [6, 6.07) is 3.65. The summed E-state index contributed by atoms with van der Waals surface area (Å²) in [5, 5.41) is 3.04. The maximum Gasteiger partial charge on any atom is 0.282 e. The second kappa shape index (κ2) is 7.42. The Labute approximate surface area is 148 Å². The zero-order valence-corrected chi connectivity index (χ0v) is 15.1. The smallest absolute Gasteiger partial charge is 0.282 e. The Balaban J connectivity index is 1.84. The molecule has 1 aromatic rings. The van der Waals surface area contributed by atoms with E-state index >= 15 is 0 Å². The number of fused-ring (bicyclic) bond motifs is 1. The number of pyridine rings is 1. The molecular formula is C19H27N3O3. The molecule has 1 fully saturated rings. The lowest BCUT2D eigenvalue weighted by Crippen LogP contribution is -2.63. The standard InChI is InChI=1S/C19H27N3O3/c1-3-4-13-22-16-15(11-8-12-20-16)25-19(2,18(22)24)17(23)21-14-9-6-5-7-10-14/h8,11-12,14H,3-7,9-10,13H2,1-2H3,(H,21,23)/t19-/m0/s1. The van der Waals surface area contributed by atoms with Crippen LogP contribution < -0.4 is 15.0 Å². The lowest BCUT2D eigenvalue weighted by Gasteiger charge is -2.39. The molecular weight excluding hydrogens is 318 g/mol. The van der Waals surface area contributed by atoms with Crippen LogP contribution in [0.25, 0.3) is 0 Å². The Kier molecular flexibility index (Phi) is 5.25. The number of unbranched alkanes of at least 4 members (excludes halogenated alkanes) is 1. The third-order valence-electron chi connectivity index (χ3n) is 5.08. The molecule has 1 aliphatic heterocycles. The van der Waals surface area contributed by atoms with Gasteiger partial charge in [-0.15, -0.1) is 0 Å². The van der Waals surface area contributed by atoms with E-state index in [1.54, 1.807) is 30.2 Å². The first-order chi connectivity index (χ1) is 12.1. The fourth-order valence-electron chi connectivity index (χ4n) is 3.52. The molecule has 2 aliphatic rings. The SMILES string of the molecule is CCCCN1C(=O)[C@](C)(C(=O)NC2CCCCC2)Oc2cccnc21. The van der Waals surface area contributed by atoms with E-state index in [1.165, 1.54) is 6.42 Å². The number of anilines is 1. The molecule has 1 aliphatic carbocycles. The lowest BCUT2D eigenvalue weighted by molar-refractivity contribution is -0.149. The van der Waals surface area contributed by atoms with Crippen LogP contribution >= 0.6 is 0 Å². The van der Waals surface area contributed by atoms with E-state index in [1.807, 2.05) is 0 Å². The molecule has 0 bridgehead atoms. The van der Waals surface area contributed by atoms with Crippen LogP contribution in [-0.2, 0) is 9.59 Å². The number of ether oxygens (including phenoxy) is 1. The highest BCUT2D eigenvalue weighted by Gasteiger charge is 2.51. The van der Waals surface area contributed by atoms with Crippen LogP contribution in [0.3, 0.4) is 0 Å². The summed E-state index contributed by atoms with van der Waals surface area (Å²) >= 11 is 0. The highest BCUT2D eigenvalue weighted by atomic mass is 16.5. The van der Waals surface area contributed by atoms with Gasteiger partial charge < -0.3 is 10.1 Å². The summed E-state index contributed by atoms with van der Waals surface area (Å²) in [5.41, 5.74) is -1.54. The van der Waals surface area contributed by atoms with Gasteiger partial charge in [-0.05, 0) is 38.3 Å². The van der Waals surface area contributed by atoms with Crippen LogP contribution in [0.2, 0.25) is 0 Å². The number of aromatic nitrogens is 1. The van der Waals surface area contributed by atoms with Crippen molar-refractivity contribution in [2.75, 3.05) is 11.4 Å². The Morgan fingerprint density at radius 1 is 1.40 bits per heavy atom. The summed E-state index contributed by atoms with van der Waals surface area (Å²) in [6.45, 7) is 4.18. The fourth-order valence-corrected chi connectivity index (χ4v) is 3.52. The van der Waals surface area contributed by atoms with Crippen molar-refractivity contribution in [3.05, 3.63) is 18.3 Å². The van der Waals surface area contributed by atoms with E-state index in [-0.39, 0.29) is 17.9 Å². The first kappa shape index (κ1) is 17.7. The van der Waals surface area contributed by atoms with Gasteiger partial charge in [-0.2, -0.15) is 0 Å². The fraction of sp³-hybridized carbons (Fsp3) is 0.632. The van der Waals surface area contributed by atoms with Crippen LogP contribution in [0.1, 0.15) is 58.8 Å². The van der Waals surface area contributed by atoms with Crippen molar-refractivity contribution in [1.82, 2.24) is 10.3 Å². The molecule has 6 nitrogen and oxygen atoms in total. The maximum atomic E-state index is 13.1. The summed E-state index contributed by atoms with van der Waals surface area (Å²) in [6.07, 6.45) is 8.82. The number of hydrogen-bond acceptors (Lipinski definition) is 4. The van der Waals surface area contributed by atoms with E-state index in [4.69, 9.17) is 4.74 Å². The molecule has 1 atom stereocenters. The molecule has 0 unspecified atom stereocenters. The Morgan fingerprint density at radius 2 is 2.16 bits per heavy atom. The largest absolute Gasteiger partial charge is 0.464 e. The van der Waals surface area contributed by atoms with Crippen molar-refractivity contribution in [2.24, 2.45) is 0 Å². The Morgan fingerprint density at radius 3 is 2.88 bits per heavy atom. The van der Waals surface area contributed by atoms with Gasteiger partial charge in [-0.25, -0.2) is 4.98 Å². The van der Waals surface area contributed by atoms with Crippen molar-refractivity contribution in [3.8, 4) is 5.75 Å². The lowest BCUT2D eigenvalue weighted by atomic mass is 9.93.